The molecule has 5 rings (SSSR count). The van der Waals surface area contributed by atoms with Crippen molar-refractivity contribution < 1.29 is 0 Å². The van der Waals surface area contributed by atoms with Gasteiger partial charge in [0.2, 0.25) is 0 Å². The summed E-state index contributed by atoms with van der Waals surface area (Å²) in [5.41, 5.74) is 6.23. The molecule has 136 valence electrons. The van der Waals surface area contributed by atoms with E-state index in [2.05, 4.69) is 25.9 Å². The minimum absolute atomic E-state index is 0.898. The van der Waals surface area contributed by atoms with Crippen LogP contribution in [0.25, 0.3) is 11.3 Å². The molecule has 3 aromatic rings. The van der Waals surface area contributed by atoms with Crippen molar-refractivity contribution in [3.8, 4) is 11.3 Å². The van der Waals surface area contributed by atoms with E-state index in [1.54, 1.807) is 0 Å². The van der Waals surface area contributed by atoms with Crippen molar-refractivity contribution in [1.82, 2.24) is 34.0 Å². The first-order valence-electron chi connectivity index (χ1n) is 9.48. The molecular formula is C19H25N7. The highest BCUT2D eigenvalue weighted by Gasteiger charge is 2.25. The molecule has 2 aliphatic rings. The van der Waals surface area contributed by atoms with E-state index in [4.69, 9.17) is 4.98 Å². The van der Waals surface area contributed by atoms with Gasteiger partial charge in [-0.05, 0) is 25.7 Å². The van der Waals surface area contributed by atoms with E-state index in [0.29, 0.717) is 0 Å². The number of aromatic nitrogens is 6. The van der Waals surface area contributed by atoms with Gasteiger partial charge < -0.3 is 4.57 Å². The Morgan fingerprint density at radius 1 is 1.04 bits per heavy atom. The van der Waals surface area contributed by atoms with Crippen molar-refractivity contribution in [2.45, 2.75) is 45.3 Å². The van der Waals surface area contributed by atoms with E-state index in [1.807, 2.05) is 35.9 Å². The Labute approximate surface area is 153 Å². The molecule has 1 aliphatic heterocycles. The summed E-state index contributed by atoms with van der Waals surface area (Å²) in [5.74, 6) is 1.25. The maximum Gasteiger partial charge on any atom is 0.123 e. The van der Waals surface area contributed by atoms with Crippen LogP contribution < -0.4 is 0 Å². The second kappa shape index (κ2) is 6.09. The first-order chi connectivity index (χ1) is 12.7. The van der Waals surface area contributed by atoms with Gasteiger partial charge in [0.05, 0.1) is 24.1 Å². The molecule has 0 aromatic carbocycles. The van der Waals surface area contributed by atoms with Gasteiger partial charge in [0.1, 0.15) is 5.82 Å². The number of nitrogens with zero attached hydrogens (tertiary/aromatic N) is 7. The van der Waals surface area contributed by atoms with Crippen LogP contribution in [-0.2, 0) is 46.6 Å². The molecule has 0 N–H and O–H groups in total. The average molecular weight is 351 g/mol. The van der Waals surface area contributed by atoms with Gasteiger partial charge >= 0.3 is 0 Å². The van der Waals surface area contributed by atoms with E-state index >= 15 is 0 Å². The molecule has 26 heavy (non-hydrogen) atoms. The molecule has 1 aliphatic carbocycles. The fourth-order valence-electron chi connectivity index (χ4n) is 4.38. The lowest BCUT2D eigenvalue weighted by Crippen LogP contribution is -2.34. The van der Waals surface area contributed by atoms with Crippen LogP contribution in [0.15, 0.2) is 18.6 Å². The maximum atomic E-state index is 4.96. The van der Waals surface area contributed by atoms with Crippen molar-refractivity contribution in [1.29, 1.82) is 0 Å². The number of hydrogen-bond acceptors (Lipinski definition) is 4. The van der Waals surface area contributed by atoms with Gasteiger partial charge in [-0.25, -0.2) is 4.98 Å². The highest BCUT2D eigenvalue weighted by atomic mass is 15.3. The third-order valence-electron chi connectivity index (χ3n) is 5.59. The lowest BCUT2D eigenvalue weighted by Gasteiger charge is -2.28. The topological polar surface area (TPSA) is 56.7 Å². The second-order valence-electron chi connectivity index (χ2n) is 7.57. The lowest BCUT2D eigenvalue weighted by molar-refractivity contribution is 0.207. The van der Waals surface area contributed by atoms with Gasteiger partial charge in [0.15, 0.2) is 0 Å². The normalized spacial score (nSPS) is 17.3. The highest BCUT2D eigenvalue weighted by molar-refractivity contribution is 5.60. The molecule has 0 saturated carbocycles. The van der Waals surface area contributed by atoms with Crippen molar-refractivity contribution in [2.24, 2.45) is 14.1 Å². The predicted molar refractivity (Wildman–Crippen MR) is 98.4 cm³/mol. The number of aryl methyl sites for hydroxylation is 3. The quantitative estimate of drug-likeness (QED) is 0.723. The molecule has 7 nitrogen and oxygen atoms in total. The zero-order valence-electron chi connectivity index (χ0n) is 15.5. The Morgan fingerprint density at radius 2 is 1.92 bits per heavy atom. The van der Waals surface area contributed by atoms with Crippen LogP contribution in [-0.4, -0.2) is 40.6 Å². The van der Waals surface area contributed by atoms with Gasteiger partial charge in [-0.1, -0.05) is 0 Å². The zero-order chi connectivity index (χ0) is 17.7. The standard InChI is InChI=1S/C19H25N7/c1-23-10-14(9-20-23)19-15(11-24(2)22-19)12-25-7-8-26-17-6-4-3-5-16(17)21-18(26)13-25/h9-11H,3-8,12-13H2,1-2H3. The molecule has 4 heterocycles. The van der Waals surface area contributed by atoms with E-state index in [9.17, 15) is 0 Å². The number of rotatable bonds is 3. The summed E-state index contributed by atoms with van der Waals surface area (Å²) in [6, 6.07) is 0. The average Bonchev–Trinajstić information content (AvgIpc) is 3.31. The van der Waals surface area contributed by atoms with Crippen LogP contribution in [0.2, 0.25) is 0 Å². The molecule has 0 unspecified atom stereocenters. The first-order valence-corrected chi connectivity index (χ1v) is 9.48. The fraction of sp³-hybridized carbons (Fsp3) is 0.526. The number of imidazole rings is 1. The molecule has 0 atom stereocenters. The molecule has 0 spiro atoms. The Kier molecular flexibility index (Phi) is 3.70. The van der Waals surface area contributed by atoms with E-state index < -0.39 is 0 Å². The summed E-state index contributed by atoms with van der Waals surface area (Å²) in [6.07, 6.45) is 11.0. The van der Waals surface area contributed by atoms with E-state index in [-0.39, 0.29) is 0 Å². The van der Waals surface area contributed by atoms with Gasteiger partial charge in [-0.2, -0.15) is 10.2 Å². The van der Waals surface area contributed by atoms with Crippen molar-refractivity contribution in [3.05, 3.63) is 41.4 Å². The third kappa shape index (κ3) is 2.67. The van der Waals surface area contributed by atoms with Crippen molar-refractivity contribution >= 4 is 0 Å². The Bertz CT molecular complexity index is 945. The van der Waals surface area contributed by atoms with Crippen molar-refractivity contribution in [3.63, 3.8) is 0 Å². The van der Waals surface area contributed by atoms with E-state index in [1.165, 1.54) is 42.0 Å². The largest absolute Gasteiger partial charge is 0.329 e. The van der Waals surface area contributed by atoms with Gasteiger partial charge in [0.25, 0.3) is 0 Å². The fourth-order valence-corrected chi connectivity index (χ4v) is 4.38. The maximum absolute atomic E-state index is 4.96. The van der Waals surface area contributed by atoms with Crippen molar-refractivity contribution in [2.75, 3.05) is 6.54 Å². The molecule has 0 radical (unpaired) electrons. The van der Waals surface area contributed by atoms with Crippen LogP contribution in [0.3, 0.4) is 0 Å². The summed E-state index contributed by atoms with van der Waals surface area (Å²) in [4.78, 5) is 7.45. The zero-order valence-corrected chi connectivity index (χ0v) is 15.5. The molecule has 0 saturated heterocycles. The Balaban J connectivity index is 1.39. The SMILES string of the molecule is Cn1cc(-c2nn(C)cc2CN2CCn3c(nc4c3CCCC4)C2)cn1. The number of hydrogen-bond donors (Lipinski definition) is 0. The molecule has 3 aromatic heterocycles. The summed E-state index contributed by atoms with van der Waals surface area (Å²) < 4.78 is 6.22. The lowest BCUT2D eigenvalue weighted by atomic mass is 10.0. The number of fused-ring (bicyclic) bond motifs is 3. The van der Waals surface area contributed by atoms with Crippen LogP contribution in [0.5, 0.6) is 0 Å². The third-order valence-corrected chi connectivity index (χ3v) is 5.59. The van der Waals surface area contributed by atoms with Gasteiger partial charge in [-0.15, -0.1) is 0 Å². The Morgan fingerprint density at radius 3 is 2.77 bits per heavy atom. The predicted octanol–water partition coefficient (Wildman–Crippen LogP) is 1.91. The van der Waals surface area contributed by atoms with Crippen LogP contribution in [0.4, 0.5) is 0 Å². The first kappa shape index (κ1) is 15.8. The molecular weight excluding hydrogens is 326 g/mol. The van der Waals surface area contributed by atoms with Gasteiger partial charge in [-0.3, -0.25) is 14.3 Å². The Hall–Kier alpha value is -2.41. The summed E-state index contributed by atoms with van der Waals surface area (Å²) in [6.45, 7) is 3.95. The van der Waals surface area contributed by atoms with Crippen LogP contribution >= 0.6 is 0 Å². The summed E-state index contributed by atoms with van der Waals surface area (Å²) in [5, 5.41) is 8.97. The highest BCUT2D eigenvalue weighted by Crippen LogP contribution is 2.27. The molecule has 0 amide bonds. The smallest absolute Gasteiger partial charge is 0.123 e. The molecule has 7 heteroatoms. The second-order valence-corrected chi connectivity index (χ2v) is 7.57. The van der Waals surface area contributed by atoms with Crippen LogP contribution in [0, 0.1) is 0 Å². The monoisotopic (exact) mass is 351 g/mol. The summed E-state index contributed by atoms with van der Waals surface area (Å²) >= 11 is 0. The minimum Gasteiger partial charge on any atom is -0.329 e. The molecule has 0 bridgehead atoms. The minimum atomic E-state index is 0.898. The van der Waals surface area contributed by atoms with Gasteiger partial charge in [0, 0.05) is 62.9 Å². The van der Waals surface area contributed by atoms with E-state index in [0.717, 1.165) is 43.9 Å². The molecule has 0 fully saturated rings. The van der Waals surface area contributed by atoms with Crippen LogP contribution in [0.1, 0.15) is 35.6 Å². The summed E-state index contributed by atoms with van der Waals surface area (Å²) in [7, 11) is 3.93.